The molecule has 2 nitrogen and oxygen atoms in total. The fourth-order valence-corrected chi connectivity index (χ4v) is 2.56. The quantitative estimate of drug-likeness (QED) is 0.560. The first-order valence-electron chi connectivity index (χ1n) is 6.07. The van der Waals surface area contributed by atoms with Gasteiger partial charge in [-0.15, -0.1) is 0 Å². The molecule has 1 saturated heterocycles. The molecule has 2 rings (SSSR count). The topological polar surface area (TPSA) is 18.5 Å². The fraction of sp³-hybridized carbons (Fsp3) is 0.538. The van der Waals surface area contributed by atoms with Crippen molar-refractivity contribution in [3.63, 3.8) is 0 Å². The Kier molecular flexibility index (Phi) is 4.18. The Bertz CT molecular complexity index is 476. The molecule has 1 aromatic rings. The van der Waals surface area contributed by atoms with Crippen LogP contribution in [0.2, 0.25) is 0 Å². The Morgan fingerprint density at radius 2 is 1.63 bits per heavy atom. The van der Waals surface area contributed by atoms with Crippen LogP contribution in [0.1, 0.15) is 37.0 Å². The smallest absolute Gasteiger partial charge is 0.399 e. The minimum atomic E-state index is -0.469. The van der Waals surface area contributed by atoms with Crippen LogP contribution in [0, 0.1) is 5.82 Å². The van der Waals surface area contributed by atoms with E-state index in [0.717, 1.165) is 5.46 Å². The van der Waals surface area contributed by atoms with Crippen LogP contribution in [0.15, 0.2) is 18.2 Å². The predicted octanol–water partition coefficient (Wildman–Crippen LogP) is 3.91. The van der Waals surface area contributed by atoms with Crippen LogP contribution in [0.5, 0.6) is 0 Å². The van der Waals surface area contributed by atoms with Crippen molar-refractivity contribution in [2.75, 3.05) is 0 Å². The van der Waals surface area contributed by atoms with Gasteiger partial charge in [0, 0.05) is 5.56 Å². The van der Waals surface area contributed by atoms with Crippen LogP contribution in [0.25, 0.3) is 0 Å². The highest BCUT2D eigenvalue weighted by molar-refractivity contribution is 9.24. The van der Waals surface area contributed by atoms with Crippen LogP contribution in [-0.2, 0) is 9.31 Å². The highest BCUT2D eigenvalue weighted by atomic mass is 79.9. The zero-order valence-corrected chi connectivity index (χ0v) is 14.5. The molecule has 104 valence electrons. The van der Waals surface area contributed by atoms with E-state index in [-0.39, 0.29) is 9.55 Å². The summed E-state index contributed by atoms with van der Waals surface area (Å²) in [6.07, 6.45) is 0. The zero-order chi connectivity index (χ0) is 14.4. The van der Waals surface area contributed by atoms with Gasteiger partial charge in [-0.3, -0.25) is 0 Å². The maximum absolute atomic E-state index is 13.7. The normalized spacial score (nSPS) is 21.2. The average Bonchev–Trinajstić information content (AvgIpc) is 2.48. The summed E-state index contributed by atoms with van der Waals surface area (Å²) < 4.78 is 25.3. The number of hydrogen-bond donors (Lipinski definition) is 0. The van der Waals surface area contributed by atoms with E-state index in [1.807, 2.05) is 27.7 Å². The minimum Gasteiger partial charge on any atom is -0.399 e. The van der Waals surface area contributed by atoms with Gasteiger partial charge in [0.1, 0.15) is 5.82 Å². The number of rotatable bonds is 2. The van der Waals surface area contributed by atoms with Crippen molar-refractivity contribution in [3.8, 4) is 0 Å². The van der Waals surface area contributed by atoms with E-state index in [0.29, 0.717) is 5.56 Å². The van der Waals surface area contributed by atoms with Crippen molar-refractivity contribution in [3.05, 3.63) is 29.6 Å². The van der Waals surface area contributed by atoms with Gasteiger partial charge in [0.15, 0.2) is 0 Å². The van der Waals surface area contributed by atoms with Gasteiger partial charge in [-0.25, -0.2) is 4.39 Å². The Morgan fingerprint density at radius 3 is 2.11 bits per heavy atom. The molecule has 19 heavy (non-hydrogen) atoms. The Morgan fingerprint density at radius 1 is 1.11 bits per heavy atom. The molecule has 1 fully saturated rings. The lowest BCUT2D eigenvalue weighted by Crippen LogP contribution is -2.41. The summed E-state index contributed by atoms with van der Waals surface area (Å²) in [5, 5.41) is 0. The third kappa shape index (κ3) is 2.92. The van der Waals surface area contributed by atoms with Gasteiger partial charge in [0.2, 0.25) is 0 Å². The second kappa shape index (κ2) is 5.13. The summed E-state index contributed by atoms with van der Waals surface area (Å²) in [6, 6.07) is 4.89. The van der Waals surface area contributed by atoms with E-state index in [4.69, 9.17) is 9.31 Å². The standard InChI is InChI=1S/C13H16BBr2FO2/c1-12(2)13(3,4)19-14(18-12)8-5-6-10(17)9(7-8)11(15)16/h5-7,11H,1-4H3. The Balaban J connectivity index is 2.32. The summed E-state index contributed by atoms with van der Waals surface area (Å²) in [4.78, 5) is 0. The lowest BCUT2D eigenvalue weighted by molar-refractivity contribution is 0.00578. The molecule has 0 aromatic heterocycles. The molecule has 0 radical (unpaired) electrons. The van der Waals surface area contributed by atoms with Crippen LogP contribution in [0.3, 0.4) is 0 Å². The van der Waals surface area contributed by atoms with E-state index < -0.39 is 18.3 Å². The van der Waals surface area contributed by atoms with Crippen molar-refractivity contribution in [1.82, 2.24) is 0 Å². The molecule has 0 bridgehead atoms. The summed E-state index contributed by atoms with van der Waals surface area (Å²) >= 11 is 6.63. The lowest BCUT2D eigenvalue weighted by Gasteiger charge is -2.32. The van der Waals surface area contributed by atoms with Crippen molar-refractivity contribution < 1.29 is 13.7 Å². The van der Waals surface area contributed by atoms with Gasteiger partial charge in [0.05, 0.1) is 14.9 Å². The first-order chi connectivity index (χ1) is 8.64. The van der Waals surface area contributed by atoms with Crippen molar-refractivity contribution in [2.24, 2.45) is 0 Å². The second-order valence-electron chi connectivity index (χ2n) is 5.67. The molecule has 6 heteroatoms. The van der Waals surface area contributed by atoms with Gasteiger partial charge in [-0.2, -0.15) is 0 Å². The first-order valence-corrected chi connectivity index (χ1v) is 7.90. The summed E-state index contributed by atoms with van der Waals surface area (Å²) in [7, 11) is -0.469. The number of halogens is 3. The molecule has 1 aliphatic heterocycles. The number of benzene rings is 1. The minimum absolute atomic E-state index is 0.234. The van der Waals surface area contributed by atoms with Crippen LogP contribution < -0.4 is 5.46 Å². The largest absolute Gasteiger partial charge is 0.494 e. The van der Waals surface area contributed by atoms with Crippen molar-refractivity contribution in [2.45, 2.75) is 42.6 Å². The monoisotopic (exact) mass is 392 g/mol. The third-order valence-corrected chi connectivity index (χ3v) is 4.77. The first kappa shape index (κ1) is 15.5. The second-order valence-corrected chi connectivity index (χ2v) is 8.73. The molecule has 0 N–H and O–H groups in total. The maximum Gasteiger partial charge on any atom is 0.494 e. The van der Waals surface area contributed by atoms with Crippen LogP contribution >= 0.6 is 31.9 Å². The fourth-order valence-electron chi connectivity index (χ4n) is 1.86. The third-order valence-electron chi connectivity index (χ3n) is 3.78. The molecular weight excluding hydrogens is 378 g/mol. The molecule has 1 heterocycles. The van der Waals surface area contributed by atoms with Gasteiger partial charge < -0.3 is 9.31 Å². The number of alkyl halides is 2. The van der Waals surface area contributed by atoms with Gasteiger partial charge >= 0.3 is 7.12 Å². The molecule has 0 spiro atoms. The molecule has 0 saturated carbocycles. The zero-order valence-electron chi connectivity index (χ0n) is 11.3. The molecule has 0 atom stereocenters. The predicted molar refractivity (Wildman–Crippen MR) is 82.7 cm³/mol. The van der Waals surface area contributed by atoms with E-state index >= 15 is 0 Å². The summed E-state index contributed by atoms with van der Waals surface area (Å²) in [5.41, 5.74) is 0.564. The van der Waals surface area contributed by atoms with Crippen LogP contribution in [0.4, 0.5) is 4.39 Å². The summed E-state index contributed by atoms with van der Waals surface area (Å²) in [6.45, 7) is 7.98. The van der Waals surface area contributed by atoms with Gasteiger partial charge in [-0.05, 0) is 39.2 Å². The maximum atomic E-state index is 13.7. The average molecular weight is 394 g/mol. The molecular formula is C13H16BBr2FO2. The highest BCUT2D eigenvalue weighted by Crippen LogP contribution is 2.37. The van der Waals surface area contributed by atoms with Crippen molar-refractivity contribution >= 4 is 44.4 Å². The molecule has 1 aromatic carbocycles. The summed E-state index contributed by atoms with van der Waals surface area (Å²) in [5.74, 6) is -0.265. The van der Waals surface area contributed by atoms with Gasteiger partial charge in [0.25, 0.3) is 0 Å². The Hall–Kier alpha value is 0.0949. The van der Waals surface area contributed by atoms with E-state index in [2.05, 4.69) is 31.9 Å². The van der Waals surface area contributed by atoms with Gasteiger partial charge in [-0.1, -0.05) is 44.0 Å². The van der Waals surface area contributed by atoms with E-state index in [1.54, 1.807) is 12.1 Å². The Labute approximate surface area is 130 Å². The van der Waals surface area contributed by atoms with Crippen molar-refractivity contribution in [1.29, 1.82) is 0 Å². The molecule has 0 unspecified atom stereocenters. The lowest BCUT2D eigenvalue weighted by atomic mass is 9.78. The molecule has 0 amide bonds. The SMILES string of the molecule is CC1(C)OB(c2ccc(F)c(C(Br)Br)c2)OC1(C)C. The van der Waals surface area contributed by atoms with E-state index in [1.165, 1.54) is 6.07 Å². The number of hydrogen-bond acceptors (Lipinski definition) is 2. The highest BCUT2D eigenvalue weighted by Gasteiger charge is 2.51. The van der Waals surface area contributed by atoms with Crippen LogP contribution in [-0.4, -0.2) is 18.3 Å². The molecule has 0 aliphatic carbocycles. The van der Waals surface area contributed by atoms with E-state index in [9.17, 15) is 4.39 Å². The molecule has 1 aliphatic rings.